The number of nitrogens with zero attached hydrogens (tertiary/aromatic N) is 4. The van der Waals surface area contributed by atoms with Crippen molar-refractivity contribution in [3.8, 4) is 51.0 Å². The Labute approximate surface area is 322 Å². The number of hydrogen-bond acceptors (Lipinski definition) is 3. The normalized spacial score (nSPS) is 14.7. The van der Waals surface area contributed by atoms with Crippen LogP contribution in [0.4, 0.5) is 0 Å². The largest absolute Gasteiger partial charge is 0.309 e. The highest BCUT2D eigenvalue weighted by Crippen LogP contribution is 2.50. The minimum atomic E-state index is 0.0508. The Kier molecular flexibility index (Phi) is 7.60. The molecule has 0 saturated heterocycles. The quantitative estimate of drug-likeness (QED) is 0.179. The summed E-state index contributed by atoms with van der Waals surface area (Å²) in [5.41, 5.74) is 12.0. The lowest BCUT2D eigenvalue weighted by atomic mass is 9.62. The average molecular weight is 711 g/mol. The maximum absolute atomic E-state index is 5.11. The van der Waals surface area contributed by atoms with Crippen LogP contribution in [0.5, 0.6) is 0 Å². The van der Waals surface area contributed by atoms with Crippen molar-refractivity contribution >= 4 is 32.6 Å². The van der Waals surface area contributed by atoms with Crippen molar-refractivity contribution in [3.05, 3.63) is 169 Å². The number of fused-ring (bicyclic) bond motifs is 6. The molecule has 0 atom stereocenters. The van der Waals surface area contributed by atoms with Crippen molar-refractivity contribution in [3.63, 3.8) is 0 Å². The van der Waals surface area contributed by atoms with Gasteiger partial charge in [-0.05, 0) is 81.0 Å². The van der Waals surface area contributed by atoms with Crippen molar-refractivity contribution in [1.82, 2.24) is 19.5 Å². The summed E-state index contributed by atoms with van der Waals surface area (Å²) in [6.45, 7) is 9.68. The minimum Gasteiger partial charge on any atom is -0.309 e. The van der Waals surface area contributed by atoms with Crippen molar-refractivity contribution in [2.75, 3.05) is 0 Å². The maximum atomic E-state index is 5.11. The number of rotatable bonds is 5. The van der Waals surface area contributed by atoms with E-state index in [9.17, 15) is 0 Å². The van der Waals surface area contributed by atoms with E-state index >= 15 is 0 Å². The summed E-state index contributed by atoms with van der Waals surface area (Å²) in [7, 11) is 0. The first-order chi connectivity index (χ1) is 26.7. The Morgan fingerprint density at radius 3 is 1.71 bits per heavy atom. The molecular weight excluding hydrogens is 669 g/mol. The molecule has 0 saturated carbocycles. The molecular formula is C51H42N4. The third-order valence-corrected chi connectivity index (χ3v) is 11.9. The van der Waals surface area contributed by atoms with Crippen LogP contribution >= 0.6 is 0 Å². The van der Waals surface area contributed by atoms with E-state index < -0.39 is 0 Å². The van der Waals surface area contributed by atoms with Gasteiger partial charge in [-0.3, -0.25) is 0 Å². The van der Waals surface area contributed by atoms with Crippen LogP contribution in [-0.2, 0) is 10.8 Å². The van der Waals surface area contributed by atoms with Gasteiger partial charge in [0.2, 0.25) is 0 Å². The Balaban J connectivity index is 1.14. The van der Waals surface area contributed by atoms with Crippen molar-refractivity contribution in [1.29, 1.82) is 0 Å². The lowest BCUT2D eigenvalue weighted by molar-refractivity contribution is 0.334. The highest BCUT2D eigenvalue weighted by atomic mass is 15.0. The summed E-state index contributed by atoms with van der Waals surface area (Å²) in [5.74, 6) is 1.96. The SMILES string of the molecule is CC1(C)CCC(C)(C)c2c1ccc1c3ccccc3n(-c3ccc4ccc(-c5nc(-c6ccccc6)nc(-c6ccc(-c7ccccc7)cc6)n5)cc4c3)c21. The zero-order valence-corrected chi connectivity index (χ0v) is 31.7. The standard InChI is InChI=1S/C51H42N4/c1-50(2)29-30-51(3,4)45-43(50)28-27-42-41-17-11-12-18-44(41)55(46(42)45)40-26-25-35-21-24-38(31-39(35)32-40)49-53-47(36-15-9-6-10-16-36)52-48(54-49)37-22-19-34(20-23-37)33-13-7-5-8-14-33/h5-28,31-32H,29-30H2,1-4H3. The van der Waals surface area contributed by atoms with Crippen molar-refractivity contribution < 1.29 is 0 Å². The fourth-order valence-corrected chi connectivity index (χ4v) is 8.76. The van der Waals surface area contributed by atoms with E-state index in [1.807, 2.05) is 24.3 Å². The van der Waals surface area contributed by atoms with Crippen LogP contribution in [0.15, 0.2) is 158 Å². The number of aromatic nitrogens is 4. The number of hydrogen-bond donors (Lipinski definition) is 0. The van der Waals surface area contributed by atoms with Gasteiger partial charge in [0.05, 0.1) is 11.0 Å². The van der Waals surface area contributed by atoms with Gasteiger partial charge < -0.3 is 4.57 Å². The smallest absolute Gasteiger partial charge is 0.164 e. The Morgan fingerprint density at radius 2 is 0.982 bits per heavy atom. The monoisotopic (exact) mass is 710 g/mol. The van der Waals surface area contributed by atoms with E-state index in [2.05, 4.69) is 166 Å². The van der Waals surface area contributed by atoms with Gasteiger partial charge in [0.25, 0.3) is 0 Å². The second-order valence-electron chi connectivity index (χ2n) is 16.4. The van der Waals surface area contributed by atoms with Crippen LogP contribution < -0.4 is 0 Å². The highest BCUT2D eigenvalue weighted by molar-refractivity contribution is 6.11. The molecule has 0 unspecified atom stereocenters. The molecule has 0 spiro atoms. The molecule has 7 aromatic carbocycles. The topological polar surface area (TPSA) is 43.6 Å². The summed E-state index contributed by atoms with van der Waals surface area (Å²) < 4.78 is 2.52. The van der Waals surface area contributed by atoms with Gasteiger partial charge in [0, 0.05) is 33.2 Å². The zero-order chi connectivity index (χ0) is 37.3. The van der Waals surface area contributed by atoms with Gasteiger partial charge >= 0.3 is 0 Å². The van der Waals surface area contributed by atoms with E-state index in [4.69, 9.17) is 15.0 Å². The van der Waals surface area contributed by atoms with Gasteiger partial charge in [-0.2, -0.15) is 0 Å². The summed E-state index contributed by atoms with van der Waals surface area (Å²) in [4.78, 5) is 15.2. The lowest BCUT2D eigenvalue weighted by Gasteiger charge is -2.42. The molecule has 0 fully saturated rings. The third-order valence-electron chi connectivity index (χ3n) is 11.9. The van der Waals surface area contributed by atoms with E-state index in [0.29, 0.717) is 17.5 Å². The van der Waals surface area contributed by atoms with Crippen molar-refractivity contribution in [2.45, 2.75) is 51.4 Å². The summed E-state index contributed by atoms with van der Waals surface area (Å²) >= 11 is 0. The first-order valence-electron chi connectivity index (χ1n) is 19.3. The second kappa shape index (κ2) is 12.6. The summed E-state index contributed by atoms with van der Waals surface area (Å²) in [6.07, 6.45) is 2.34. The van der Waals surface area contributed by atoms with Gasteiger partial charge in [-0.15, -0.1) is 0 Å². The molecule has 10 rings (SSSR count). The predicted octanol–water partition coefficient (Wildman–Crippen LogP) is 13.1. The molecule has 0 bridgehead atoms. The van der Waals surface area contributed by atoms with Crippen LogP contribution in [0.2, 0.25) is 0 Å². The summed E-state index contributed by atoms with van der Waals surface area (Å²) in [6, 6.07) is 56.2. The average Bonchev–Trinajstić information content (AvgIpc) is 3.57. The molecule has 0 N–H and O–H groups in total. The molecule has 4 heteroatoms. The van der Waals surface area contributed by atoms with Crippen LogP contribution in [0.3, 0.4) is 0 Å². The number of para-hydroxylation sites is 1. The molecule has 266 valence electrons. The first-order valence-corrected chi connectivity index (χ1v) is 19.3. The molecule has 0 radical (unpaired) electrons. The van der Waals surface area contributed by atoms with Gasteiger partial charge in [0.15, 0.2) is 17.5 Å². The number of benzene rings is 7. The van der Waals surface area contributed by atoms with E-state index in [1.165, 1.54) is 50.3 Å². The van der Waals surface area contributed by atoms with E-state index in [-0.39, 0.29) is 10.8 Å². The fraction of sp³-hybridized carbons (Fsp3) is 0.157. The molecule has 0 aliphatic heterocycles. The highest BCUT2D eigenvalue weighted by Gasteiger charge is 2.39. The van der Waals surface area contributed by atoms with Gasteiger partial charge in [-0.1, -0.05) is 161 Å². The Hall–Kier alpha value is -6.39. The van der Waals surface area contributed by atoms with E-state index in [0.717, 1.165) is 39.7 Å². The van der Waals surface area contributed by atoms with Crippen LogP contribution in [0.25, 0.3) is 83.6 Å². The molecule has 2 aromatic heterocycles. The predicted molar refractivity (Wildman–Crippen MR) is 229 cm³/mol. The molecule has 55 heavy (non-hydrogen) atoms. The molecule has 1 aliphatic rings. The van der Waals surface area contributed by atoms with Crippen LogP contribution in [0, 0.1) is 0 Å². The molecule has 2 heterocycles. The Bertz CT molecular complexity index is 2900. The molecule has 9 aromatic rings. The second-order valence-corrected chi connectivity index (χ2v) is 16.4. The molecule has 1 aliphatic carbocycles. The minimum absolute atomic E-state index is 0.0508. The first kappa shape index (κ1) is 33.2. The van der Waals surface area contributed by atoms with Crippen molar-refractivity contribution in [2.24, 2.45) is 0 Å². The fourth-order valence-electron chi connectivity index (χ4n) is 8.76. The van der Waals surface area contributed by atoms with Gasteiger partial charge in [0.1, 0.15) is 0 Å². The van der Waals surface area contributed by atoms with Crippen LogP contribution in [0.1, 0.15) is 51.7 Å². The zero-order valence-electron chi connectivity index (χ0n) is 31.7. The molecule has 4 nitrogen and oxygen atoms in total. The molecule has 0 amide bonds. The Morgan fingerprint density at radius 1 is 0.436 bits per heavy atom. The van der Waals surface area contributed by atoms with E-state index in [1.54, 1.807) is 0 Å². The van der Waals surface area contributed by atoms with Crippen LogP contribution in [-0.4, -0.2) is 19.5 Å². The van der Waals surface area contributed by atoms with Gasteiger partial charge in [-0.25, -0.2) is 15.0 Å². The lowest BCUT2D eigenvalue weighted by Crippen LogP contribution is -2.34. The third kappa shape index (κ3) is 5.63. The summed E-state index contributed by atoms with van der Waals surface area (Å²) in [5, 5.41) is 4.92. The maximum Gasteiger partial charge on any atom is 0.164 e.